The monoisotopic (exact) mass is 363 g/mol. The summed E-state index contributed by atoms with van der Waals surface area (Å²) in [4.78, 5) is 43.6. The van der Waals surface area contributed by atoms with E-state index in [4.69, 9.17) is 5.11 Å². The summed E-state index contributed by atoms with van der Waals surface area (Å²) in [5.74, 6) is -5.29. The number of nitro groups is 1. The lowest BCUT2D eigenvalue weighted by atomic mass is 10.1. The first-order valence-electron chi connectivity index (χ1n) is 6.57. The van der Waals surface area contributed by atoms with Crippen LogP contribution in [0.3, 0.4) is 0 Å². The molecule has 0 aromatic heterocycles. The topological polar surface area (TPSA) is 139 Å². The number of hydrogen-bond acceptors (Lipinski definition) is 5. The van der Waals surface area contributed by atoms with Crippen LogP contribution in [-0.4, -0.2) is 40.0 Å². The third-order valence-electron chi connectivity index (χ3n) is 2.92. The van der Waals surface area contributed by atoms with Crippen LogP contribution in [0.15, 0.2) is 18.2 Å². The van der Waals surface area contributed by atoms with E-state index < -0.39 is 41.3 Å². The van der Waals surface area contributed by atoms with Crippen molar-refractivity contribution >= 4 is 29.2 Å². The third kappa shape index (κ3) is 5.75. The Bertz CT molecular complexity index is 719. The molecule has 0 saturated carbocycles. The van der Waals surface area contributed by atoms with Gasteiger partial charge in [0.15, 0.2) is 0 Å². The van der Waals surface area contributed by atoms with Crippen molar-refractivity contribution in [3.63, 3.8) is 0 Å². The highest BCUT2D eigenvalue weighted by molar-refractivity contribution is 5.99. The Labute approximate surface area is 138 Å². The standard InChI is InChI=1S/C13H12F3N3O6/c1-6-4-7(2-3-9(6)19(24)25)17-11(22)8(5-10(20)21)18-12(23)13(14,15)16/h2-4,8H,5H2,1H3,(H,17,22)(H,18,23)(H,20,21). The van der Waals surface area contributed by atoms with Crippen molar-refractivity contribution in [3.05, 3.63) is 33.9 Å². The minimum atomic E-state index is -5.29. The number of aryl methyl sites for hydroxylation is 1. The molecule has 0 aliphatic carbocycles. The largest absolute Gasteiger partial charge is 0.481 e. The van der Waals surface area contributed by atoms with Crippen LogP contribution < -0.4 is 10.6 Å². The van der Waals surface area contributed by atoms with Crippen molar-refractivity contribution in [1.82, 2.24) is 5.32 Å². The van der Waals surface area contributed by atoms with Crippen molar-refractivity contribution in [2.45, 2.75) is 25.6 Å². The number of carboxylic acids is 1. The van der Waals surface area contributed by atoms with E-state index in [0.29, 0.717) is 0 Å². The van der Waals surface area contributed by atoms with Crippen LogP contribution in [0.25, 0.3) is 0 Å². The maximum atomic E-state index is 12.3. The predicted molar refractivity (Wildman–Crippen MR) is 76.7 cm³/mol. The summed E-state index contributed by atoms with van der Waals surface area (Å²) in [6.07, 6.45) is -6.37. The molecule has 0 radical (unpaired) electrons. The number of alkyl halides is 3. The molecule has 9 nitrogen and oxygen atoms in total. The Hall–Kier alpha value is -3.18. The molecule has 0 fully saturated rings. The fourth-order valence-corrected chi connectivity index (χ4v) is 1.79. The summed E-state index contributed by atoms with van der Waals surface area (Å²) in [6, 6.07) is 1.37. The van der Waals surface area contributed by atoms with Crippen LogP contribution in [0, 0.1) is 17.0 Å². The molecule has 1 unspecified atom stereocenters. The molecule has 0 heterocycles. The molecule has 0 bridgehead atoms. The van der Waals surface area contributed by atoms with Crippen LogP contribution in [0.2, 0.25) is 0 Å². The number of anilines is 1. The Morgan fingerprint density at radius 1 is 1.32 bits per heavy atom. The second-order valence-corrected chi connectivity index (χ2v) is 4.87. The molecule has 1 rings (SSSR count). The third-order valence-corrected chi connectivity index (χ3v) is 2.92. The van der Waals surface area contributed by atoms with Gasteiger partial charge in [-0.05, 0) is 19.1 Å². The lowest BCUT2D eigenvalue weighted by Gasteiger charge is -2.17. The number of nitrogens with zero attached hydrogens (tertiary/aromatic N) is 1. The zero-order valence-electron chi connectivity index (χ0n) is 12.6. The molecule has 1 aromatic rings. The smallest absolute Gasteiger partial charge is 0.471 e. The molecule has 0 aliphatic rings. The Balaban J connectivity index is 2.95. The molecule has 1 aromatic carbocycles. The van der Waals surface area contributed by atoms with Gasteiger partial charge >= 0.3 is 18.1 Å². The Kier molecular flexibility index (Phi) is 6.03. The number of amides is 2. The van der Waals surface area contributed by atoms with Gasteiger partial charge in [0.2, 0.25) is 5.91 Å². The van der Waals surface area contributed by atoms with E-state index >= 15 is 0 Å². The fourth-order valence-electron chi connectivity index (χ4n) is 1.79. The number of carbonyl (C=O) groups excluding carboxylic acids is 2. The van der Waals surface area contributed by atoms with Gasteiger partial charge in [0, 0.05) is 17.3 Å². The molecule has 0 aliphatic heterocycles. The molecule has 1 atom stereocenters. The number of aliphatic carboxylic acids is 1. The van der Waals surface area contributed by atoms with Crippen molar-refractivity contribution < 1.29 is 37.6 Å². The lowest BCUT2D eigenvalue weighted by Crippen LogP contribution is -2.49. The van der Waals surface area contributed by atoms with E-state index in [2.05, 4.69) is 5.32 Å². The number of halogens is 3. The first kappa shape index (κ1) is 19.9. The van der Waals surface area contributed by atoms with Gasteiger partial charge in [0.25, 0.3) is 5.69 Å². The quantitative estimate of drug-likeness (QED) is 0.515. The van der Waals surface area contributed by atoms with Crippen molar-refractivity contribution in [1.29, 1.82) is 0 Å². The minimum Gasteiger partial charge on any atom is -0.481 e. The van der Waals surface area contributed by atoms with Gasteiger partial charge < -0.3 is 15.7 Å². The first-order chi connectivity index (χ1) is 11.4. The van der Waals surface area contributed by atoms with E-state index in [9.17, 15) is 37.7 Å². The highest BCUT2D eigenvalue weighted by Gasteiger charge is 2.41. The van der Waals surface area contributed by atoms with Gasteiger partial charge in [-0.15, -0.1) is 0 Å². The Morgan fingerprint density at radius 2 is 1.92 bits per heavy atom. The number of carbonyl (C=O) groups is 3. The van der Waals surface area contributed by atoms with Gasteiger partial charge in [-0.2, -0.15) is 13.2 Å². The number of carboxylic acid groups (broad SMARTS) is 1. The maximum Gasteiger partial charge on any atom is 0.471 e. The van der Waals surface area contributed by atoms with Gasteiger partial charge in [0.1, 0.15) is 6.04 Å². The summed E-state index contributed by atoms with van der Waals surface area (Å²) < 4.78 is 36.8. The number of rotatable bonds is 6. The Morgan fingerprint density at radius 3 is 2.36 bits per heavy atom. The van der Waals surface area contributed by atoms with Crippen molar-refractivity contribution in [2.24, 2.45) is 0 Å². The highest BCUT2D eigenvalue weighted by atomic mass is 19.4. The molecule has 0 saturated heterocycles. The summed E-state index contributed by atoms with van der Waals surface area (Å²) in [7, 11) is 0. The van der Waals surface area contributed by atoms with Crippen LogP contribution in [-0.2, 0) is 14.4 Å². The maximum absolute atomic E-state index is 12.3. The summed E-state index contributed by atoms with van der Waals surface area (Å²) in [6.45, 7) is 1.37. The average molecular weight is 363 g/mol. The molecule has 0 spiro atoms. The summed E-state index contributed by atoms with van der Waals surface area (Å²) >= 11 is 0. The van der Waals surface area contributed by atoms with Gasteiger partial charge in [0.05, 0.1) is 11.3 Å². The lowest BCUT2D eigenvalue weighted by molar-refractivity contribution is -0.385. The minimum absolute atomic E-state index is 0.00949. The first-order valence-corrected chi connectivity index (χ1v) is 6.57. The molecular formula is C13H12F3N3O6. The second kappa shape index (κ2) is 7.59. The van der Waals surface area contributed by atoms with E-state index in [1.54, 1.807) is 0 Å². The van der Waals surface area contributed by atoms with Crippen LogP contribution >= 0.6 is 0 Å². The zero-order chi connectivity index (χ0) is 19.4. The molecule has 3 N–H and O–H groups in total. The molecule has 12 heteroatoms. The molecular weight excluding hydrogens is 351 g/mol. The normalized spacial score (nSPS) is 12.2. The number of nitro benzene ring substituents is 1. The van der Waals surface area contributed by atoms with Crippen molar-refractivity contribution in [3.8, 4) is 0 Å². The highest BCUT2D eigenvalue weighted by Crippen LogP contribution is 2.22. The molecule has 2 amide bonds. The van der Waals surface area contributed by atoms with E-state index in [-0.39, 0.29) is 16.9 Å². The van der Waals surface area contributed by atoms with Gasteiger partial charge in [-0.1, -0.05) is 0 Å². The van der Waals surface area contributed by atoms with Crippen molar-refractivity contribution in [2.75, 3.05) is 5.32 Å². The van der Waals surface area contributed by atoms with E-state index in [0.717, 1.165) is 12.1 Å². The SMILES string of the molecule is Cc1cc(NC(=O)C(CC(=O)O)NC(=O)C(F)(F)F)ccc1[N+](=O)[O-]. The average Bonchev–Trinajstić information content (AvgIpc) is 2.44. The van der Waals surface area contributed by atoms with E-state index in [1.165, 1.54) is 18.3 Å². The van der Waals surface area contributed by atoms with Gasteiger partial charge in [-0.25, -0.2) is 0 Å². The van der Waals surface area contributed by atoms with Gasteiger partial charge in [-0.3, -0.25) is 24.5 Å². The fraction of sp³-hybridized carbons (Fsp3) is 0.308. The summed E-state index contributed by atoms with van der Waals surface area (Å²) in [5.41, 5.74) is -0.0906. The number of benzene rings is 1. The molecule has 25 heavy (non-hydrogen) atoms. The molecule has 136 valence electrons. The summed E-state index contributed by atoms with van der Waals surface area (Å²) in [5, 5.41) is 22.8. The second-order valence-electron chi connectivity index (χ2n) is 4.87. The number of hydrogen-bond donors (Lipinski definition) is 3. The van der Waals surface area contributed by atoms with Crippen LogP contribution in [0.1, 0.15) is 12.0 Å². The predicted octanol–water partition coefficient (Wildman–Crippen LogP) is 1.36. The van der Waals surface area contributed by atoms with Crippen LogP contribution in [0.4, 0.5) is 24.5 Å². The van der Waals surface area contributed by atoms with Crippen LogP contribution in [0.5, 0.6) is 0 Å². The zero-order valence-corrected chi connectivity index (χ0v) is 12.6. The number of nitrogens with one attached hydrogen (secondary N) is 2. The van der Waals surface area contributed by atoms with E-state index in [1.807, 2.05) is 0 Å².